The normalized spacial score (nSPS) is 16.7. The molecule has 0 spiro atoms. The Kier molecular flexibility index (Phi) is 5.96. The maximum atomic E-state index is 12.3. The van der Waals surface area contributed by atoms with Gasteiger partial charge in [-0.3, -0.25) is 4.79 Å². The topological polar surface area (TPSA) is 75.3 Å². The quantitative estimate of drug-likeness (QED) is 0.792. The third-order valence-corrected chi connectivity index (χ3v) is 6.44. The average molecular weight is 393 g/mol. The molecule has 1 atom stereocenters. The molecule has 0 fully saturated rings. The molecular weight excluding hydrogens is 372 g/mol. The molecule has 0 radical (unpaired) electrons. The highest BCUT2D eigenvalue weighted by atomic mass is 35.5. The van der Waals surface area contributed by atoms with Gasteiger partial charge in [-0.05, 0) is 42.5 Å². The number of carbonyl (C=O) groups is 1. The minimum atomic E-state index is -3.73. The summed E-state index contributed by atoms with van der Waals surface area (Å²) >= 11 is 5.93. The van der Waals surface area contributed by atoms with Crippen molar-refractivity contribution >= 4 is 27.5 Å². The van der Waals surface area contributed by atoms with Gasteiger partial charge in [0.15, 0.2) is 0 Å². The molecule has 1 amide bonds. The van der Waals surface area contributed by atoms with E-state index in [0.29, 0.717) is 0 Å². The first-order valence-electron chi connectivity index (χ1n) is 8.59. The Morgan fingerprint density at radius 1 is 1.12 bits per heavy atom. The summed E-state index contributed by atoms with van der Waals surface area (Å²) in [6.07, 6.45) is 3.03. The number of nitrogens with one attached hydrogen (secondary N) is 2. The van der Waals surface area contributed by atoms with Crippen LogP contribution in [0.2, 0.25) is 5.02 Å². The number of sulfonamides is 1. The van der Waals surface area contributed by atoms with Crippen molar-refractivity contribution in [3.63, 3.8) is 0 Å². The van der Waals surface area contributed by atoms with Gasteiger partial charge < -0.3 is 5.32 Å². The van der Waals surface area contributed by atoms with E-state index in [0.717, 1.165) is 24.8 Å². The van der Waals surface area contributed by atoms with Crippen LogP contribution in [0.1, 0.15) is 36.4 Å². The fourth-order valence-electron chi connectivity index (χ4n) is 3.21. The summed E-state index contributed by atoms with van der Waals surface area (Å²) in [6.45, 7) is 0.0216. The summed E-state index contributed by atoms with van der Waals surface area (Å²) in [5.41, 5.74) is 2.42. The van der Waals surface area contributed by atoms with Crippen LogP contribution in [0.15, 0.2) is 53.4 Å². The van der Waals surface area contributed by atoms with Crippen molar-refractivity contribution in [1.29, 1.82) is 0 Å². The molecule has 3 rings (SSSR count). The van der Waals surface area contributed by atoms with Crippen LogP contribution < -0.4 is 10.0 Å². The van der Waals surface area contributed by atoms with Crippen molar-refractivity contribution in [3.8, 4) is 0 Å². The zero-order valence-electron chi connectivity index (χ0n) is 14.2. The van der Waals surface area contributed by atoms with E-state index in [2.05, 4.69) is 16.1 Å². The van der Waals surface area contributed by atoms with E-state index in [-0.39, 0.29) is 34.8 Å². The van der Waals surface area contributed by atoms with Gasteiger partial charge in [-0.25, -0.2) is 13.1 Å². The van der Waals surface area contributed by atoms with E-state index < -0.39 is 10.0 Å². The summed E-state index contributed by atoms with van der Waals surface area (Å²) in [5.74, 6) is -0.173. The summed E-state index contributed by atoms with van der Waals surface area (Å²) in [6, 6.07) is 14.3. The molecule has 0 bridgehead atoms. The standard InChI is InChI=1S/C19H21ClN2O3S/c20-16-9-3-4-11-18(16)26(24,25)21-13-12-19(23)22-17-10-5-7-14-6-1-2-8-15(14)17/h1-4,6,8-9,11,17,21H,5,7,10,12-13H2,(H,22,23). The van der Waals surface area contributed by atoms with Crippen LogP contribution in [0.3, 0.4) is 0 Å². The van der Waals surface area contributed by atoms with Crippen molar-refractivity contribution < 1.29 is 13.2 Å². The van der Waals surface area contributed by atoms with Crippen molar-refractivity contribution in [2.75, 3.05) is 6.54 Å². The molecule has 0 saturated heterocycles. The summed E-state index contributed by atoms with van der Waals surface area (Å²) in [4.78, 5) is 12.3. The summed E-state index contributed by atoms with van der Waals surface area (Å²) in [7, 11) is -3.73. The molecular formula is C19H21ClN2O3S. The van der Waals surface area contributed by atoms with Gasteiger partial charge in [-0.2, -0.15) is 0 Å². The van der Waals surface area contributed by atoms with E-state index in [4.69, 9.17) is 11.6 Å². The Hall–Kier alpha value is -1.89. The monoisotopic (exact) mass is 392 g/mol. The minimum Gasteiger partial charge on any atom is -0.349 e. The lowest BCUT2D eigenvalue weighted by Gasteiger charge is -2.26. The molecule has 26 heavy (non-hydrogen) atoms. The molecule has 7 heteroatoms. The SMILES string of the molecule is O=C(CCNS(=O)(=O)c1ccccc1Cl)NC1CCCc2ccccc21. The molecule has 138 valence electrons. The molecule has 2 N–H and O–H groups in total. The van der Waals surface area contributed by atoms with Crippen LogP contribution >= 0.6 is 11.6 Å². The van der Waals surface area contributed by atoms with Gasteiger partial charge in [0.1, 0.15) is 4.90 Å². The first-order valence-corrected chi connectivity index (χ1v) is 10.4. The Morgan fingerprint density at radius 3 is 2.65 bits per heavy atom. The molecule has 1 aliphatic carbocycles. The first-order chi connectivity index (χ1) is 12.5. The lowest BCUT2D eigenvalue weighted by Crippen LogP contribution is -2.34. The number of hydrogen-bond acceptors (Lipinski definition) is 3. The summed E-state index contributed by atoms with van der Waals surface area (Å²) in [5, 5.41) is 3.17. The molecule has 0 aromatic heterocycles. The second-order valence-electron chi connectivity index (χ2n) is 6.29. The van der Waals surface area contributed by atoms with Crippen LogP contribution in [0.4, 0.5) is 0 Å². The van der Waals surface area contributed by atoms with E-state index in [1.54, 1.807) is 12.1 Å². The van der Waals surface area contributed by atoms with Gasteiger partial charge in [0.25, 0.3) is 0 Å². The lowest BCUT2D eigenvalue weighted by molar-refractivity contribution is -0.121. The molecule has 2 aromatic rings. The van der Waals surface area contributed by atoms with Crippen molar-refractivity contribution in [1.82, 2.24) is 10.0 Å². The van der Waals surface area contributed by atoms with Crippen LogP contribution in [0, 0.1) is 0 Å². The molecule has 0 saturated carbocycles. The number of benzene rings is 2. The van der Waals surface area contributed by atoms with Crippen LogP contribution in [-0.4, -0.2) is 20.9 Å². The highest BCUT2D eigenvalue weighted by Crippen LogP contribution is 2.29. The highest BCUT2D eigenvalue weighted by Gasteiger charge is 2.22. The fraction of sp³-hybridized carbons (Fsp3) is 0.316. The Bertz CT molecular complexity index is 899. The number of fused-ring (bicyclic) bond motifs is 1. The van der Waals surface area contributed by atoms with Crippen LogP contribution in [0.5, 0.6) is 0 Å². The van der Waals surface area contributed by atoms with Crippen LogP contribution in [-0.2, 0) is 21.2 Å². The Balaban J connectivity index is 1.55. The Labute approximate surface area is 158 Å². The number of amides is 1. The average Bonchev–Trinajstić information content (AvgIpc) is 2.62. The predicted molar refractivity (Wildman–Crippen MR) is 102 cm³/mol. The molecule has 1 aliphatic rings. The zero-order chi connectivity index (χ0) is 18.6. The number of rotatable bonds is 6. The van der Waals surface area contributed by atoms with Crippen molar-refractivity contribution in [2.24, 2.45) is 0 Å². The second-order valence-corrected chi connectivity index (χ2v) is 8.43. The number of hydrogen-bond donors (Lipinski definition) is 2. The van der Waals surface area contributed by atoms with Gasteiger partial charge in [0.2, 0.25) is 15.9 Å². The van der Waals surface area contributed by atoms with Crippen molar-refractivity contribution in [2.45, 2.75) is 36.6 Å². The number of carbonyl (C=O) groups excluding carboxylic acids is 1. The van der Waals surface area contributed by atoms with E-state index in [1.165, 1.54) is 17.7 Å². The summed E-state index contributed by atoms with van der Waals surface area (Å²) < 4.78 is 27.0. The molecule has 0 aliphatic heterocycles. The number of halogens is 1. The second kappa shape index (κ2) is 8.20. The third kappa shape index (κ3) is 4.44. The van der Waals surface area contributed by atoms with Crippen LogP contribution in [0.25, 0.3) is 0 Å². The van der Waals surface area contributed by atoms with E-state index in [9.17, 15) is 13.2 Å². The first kappa shape index (κ1) is 18.9. The highest BCUT2D eigenvalue weighted by molar-refractivity contribution is 7.89. The van der Waals surface area contributed by atoms with Gasteiger partial charge in [0, 0.05) is 13.0 Å². The lowest BCUT2D eigenvalue weighted by atomic mass is 9.88. The van der Waals surface area contributed by atoms with Gasteiger partial charge >= 0.3 is 0 Å². The van der Waals surface area contributed by atoms with Gasteiger partial charge in [-0.1, -0.05) is 48.0 Å². The predicted octanol–water partition coefficient (Wildman–Crippen LogP) is 3.20. The Morgan fingerprint density at radius 2 is 1.85 bits per heavy atom. The van der Waals surface area contributed by atoms with Crippen molar-refractivity contribution in [3.05, 3.63) is 64.7 Å². The van der Waals surface area contributed by atoms with E-state index >= 15 is 0 Å². The van der Waals surface area contributed by atoms with Gasteiger partial charge in [0.05, 0.1) is 11.1 Å². The number of aryl methyl sites for hydroxylation is 1. The maximum absolute atomic E-state index is 12.3. The van der Waals surface area contributed by atoms with Gasteiger partial charge in [-0.15, -0.1) is 0 Å². The zero-order valence-corrected chi connectivity index (χ0v) is 15.8. The molecule has 0 heterocycles. The molecule has 5 nitrogen and oxygen atoms in total. The fourth-order valence-corrected chi connectivity index (χ4v) is 4.76. The third-order valence-electron chi connectivity index (χ3n) is 4.47. The minimum absolute atomic E-state index is 0.00683. The largest absolute Gasteiger partial charge is 0.349 e. The maximum Gasteiger partial charge on any atom is 0.242 e. The smallest absolute Gasteiger partial charge is 0.242 e. The van der Waals surface area contributed by atoms with E-state index in [1.807, 2.05) is 18.2 Å². The molecule has 1 unspecified atom stereocenters. The molecule has 2 aromatic carbocycles.